The number of carbonyl (C=O) groups excluding carboxylic acids is 1. The van der Waals surface area contributed by atoms with Crippen molar-refractivity contribution >= 4 is 34.8 Å². The summed E-state index contributed by atoms with van der Waals surface area (Å²) in [6, 6.07) is 5.59. The Morgan fingerprint density at radius 3 is 2.73 bits per heavy atom. The summed E-state index contributed by atoms with van der Waals surface area (Å²) in [5.74, 6) is 1.72. The lowest BCUT2D eigenvalue weighted by molar-refractivity contribution is 0.0635. The van der Waals surface area contributed by atoms with Crippen molar-refractivity contribution in [3.05, 3.63) is 39.2 Å². The van der Waals surface area contributed by atoms with Crippen molar-refractivity contribution < 1.29 is 14.3 Å². The predicted octanol–water partition coefficient (Wildman–Crippen LogP) is 5.77. The van der Waals surface area contributed by atoms with Crippen LogP contribution in [0.3, 0.4) is 0 Å². The third kappa shape index (κ3) is 6.84. The van der Waals surface area contributed by atoms with Crippen molar-refractivity contribution in [3.8, 4) is 5.75 Å². The molecule has 142 valence electrons. The molecule has 5 nitrogen and oxygen atoms in total. The van der Waals surface area contributed by atoms with Gasteiger partial charge in [0.2, 0.25) is 0 Å². The van der Waals surface area contributed by atoms with Crippen molar-refractivity contribution in [3.63, 3.8) is 0 Å². The van der Waals surface area contributed by atoms with Crippen LogP contribution in [-0.2, 0) is 11.2 Å². The van der Waals surface area contributed by atoms with Crippen LogP contribution >= 0.6 is 22.9 Å². The molecular formula is C19H25ClN2O3S. The minimum absolute atomic E-state index is 0.433. The van der Waals surface area contributed by atoms with Gasteiger partial charge in [0.25, 0.3) is 0 Å². The maximum atomic E-state index is 11.8. The first-order chi connectivity index (χ1) is 12.1. The van der Waals surface area contributed by atoms with Crippen LogP contribution in [0.15, 0.2) is 23.6 Å². The number of nitrogens with zero attached hydrogens (tertiary/aromatic N) is 1. The van der Waals surface area contributed by atoms with Gasteiger partial charge in [-0.2, -0.15) is 0 Å². The van der Waals surface area contributed by atoms with Crippen LogP contribution in [0.2, 0.25) is 5.02 Å². The molecule has 0 atom stereocenters. The van der Waals surface area contributed by atoms with Crippen LogP contribution in [-0.4, -0.2) is 23.3 Å². The number of rotatable bonds is 6. The summed E-state index contributed by atoms with van der Waals surface area (Å²) in [7, 11) is 0. The maximum Gasteiger partial charge on any atom is 0.413 e. The van der Waals surface area contributed by atoms with Crippen LogP contribution in [0.1, 0.15) is 45.2 Å². The van der Waals surface area contributed by atoms with Gasteiger partial charge in [-0.15, -0.1) is 11.3 Å². The molecule has 1 aromatic carbocycles. The first kappa shape index (κ1) is 20.5. The van der Waals surface area contributed by atoms with Crippen LogP contribution in [0.4, 0.5) is 10.6 Å². The molecule has 0 aliphatic rings. The number of amides is 1. The smallest absolute Gasteiger partial charge is 0.413 e. The Balaban J connectivity index is 2.06. The molecule has 1 aromatic heterocycles. The normalized spacial score (nSPS) is 11.5. The third-order valence-corrected chi connectivity index (χ3v) is 4.20. The van der Waals surface area contributed by atoms with E-state index in [0.29, 0.717) is 29.8 Å². The van der Waals surface area contributed by atoms with E-state index in [2.05, 4.69) is 24.1 Å². The number of carbonyl (C=O) groups is 1. The lowest BCUT2D eigenvalue weighted by atomic mass is 10.1. The summed E-state index contributed by atoms with van der Waals surface area (Å²) in [5.41, 5.74) is 0.420. The number of aromatic nitrogens is 1. The van der Waals surface area contributed by atoms with E-state index in [0.717, 1.165) is 16.3 Å². The fourth-order valence-corrected chi connectivity index (χ4v) is 3.05. The van der Waals surface area contributed by atoms with Crippen LogP contribution in [0.5, 0.6) is 5.75 Å². The Bertz CT molecular complexity index is 753. The highest BCUT2D eigenvalue weighted by Gasteiger charge is 2.17. The summed E-state index contributed by atoms with van der Waals surface area (Å²) in [4.78, 5) is 16.3. The zero-order valence-corrected chi connectivity index (χ0v) is 17.3. The van der Waals surface area contributed by atoms with E-state index in [4.69, 9.17) is 21.1 Å². The Morgan fingerprint density at radius 2 is 2.08 bits per heavy atom. The zero-order chi connectivity index (χ0) is 19.3. The van der Waals surface area contributed by atoms with Crippen molar-refractivity contribution in [2.75, 3.05) is 11.9 Å². The molecule has 1 amide bonds. The molecule has 0 saturated carbocycles. The van der Waals surface area contributed by atoms with E-state index in [1.54, 1.807) is 5.38 Å². The highest BCUT2D eigenvalue weighted by Crippen LogP contribution is 2.28. The van der Waals surface area contributed by atoms with Gasteiger partial charge in [-0.3, -0.25) is 5.32 Å². The summed E-state index contributed by atoms with van der Waals surface area (Å²) in [5, 5.41) is 5.95. The molecule has 0 unspecified atom stereocenters. The lowest BCUT2D eigenvalue weighted by Crippen LogP contribution is -2.27. The summed E-state index contributed by atoms with van der Waals surface area (Å²) in [6.07, 6.45) is 0.0623. The minimum Gasteiger partial charge on any atom is -0.493 e. The Labute approximate surface area is 163 Å². The molecule has 0 bridgehead atoms. The van der Waals surface area contributed by atoms with Gasteiger partial charge in [-0.1, -0.05) is 25.4 Å². The number of halogens is 1. The monoisotopic (exact) mass is 396 g/mol. The second-order valence-corrected chi connectivity index (χ2v) is 8.77. The molecule has 0 saturated heterocycles. The molecule has 1 heterocycles. The number of hydrogen-bond donors (Lipinski definition) is 1. The summed E-state index contributed by atoms with van der Waals surface area (Å²) >= 11 is 7.60. The van der Waals surface area contributed by atoms with Gasteiger partial charge in [0.05, 0.1) is 11.6 Å². The first-order valence-electron chi connectivity index (χ1n) is 8.48. The topological polar surface area (TPSA) is 60.5 Å². The number of benzene rings is 1. The highest BCUT2D eigenvalue weighted by atomic mass is 35.5. The fourth-order valence-electron chi connectivity index (χ4n) is 2.10. The maximum absolute atomic E-state index is 11.8. The Morgan fingerprint density at radius 1 is 1.35 bits per heavy atom. The van der Waals surface area contributed by atoms with Gasteiger partial charge in [0.1, 0.15) is 17.2 Å². The van der Waals surface area contributed by atoms with Crippen molar-refractivity contribution in [1.29, 1.82) is 0 Å². The largest absolute Gasteiger partial charge is 0.493 e. The molecule has 2 aromatic rings. The number of anilines is 1. The van der Waals surface area contributed by atoms with Crippen LogP contribution in [0, 0.1) is 5.92 Å². The minimum atomic E-state index is -0.549. The molecule has 0 fully saturated rings. The van der Waals surface area contributed by atoms with E-state index in [9.17, 15) is 4.79 Å². The molecule has 1 N–H and O–H groups in total. The van der Waals surface area contributed by atoms with Gasteiger partial charge in [0, 0.05) is 22.4 Å². The summed E-state index contributed by atoms with van der Waals surface area (Å²) < 4.78 is 11.1. The SMILES string of the molecule is CC(C)COc1ccc(Cl)cc1Cc1nc(NC(=O)OC(C)(C)C)cs1. The van der Waals surface area contributed by atoms with Gasteiger partial charge >= 0.3 is 6.09 Å². The molecule has 0 aliphatic heterocycles. The van der Waals surface area contributed by atoms with E-state index >= 15 is 0 Å². The average molecular weight is 397 g/mol. The van der Waals surface area contributed by atoms with Gasteiger partial charge < -0.3 is 9.47 Å². The molecule has 0 spiro atoms. The second kappa shape index (κ2) is 8.73. The van der Waals surface area contributed by atoms with Crippen molar-refractivity contribution in [2.45, 2.75) is 46.6 Å². The van der Waals surface area contributed by atoms with Gasteiger partial charge in [0.15, 0.2) is 0 Å². The number of nitrogens with one attached hydrogen (secondary N) is 1. The van der Waals surface area contributed by atoms with E-state index in [1.165, 1.54) is 11.3 Å². The quantitative estimate of drug-likeness (QED) is 0.673. The standard InChI is InChI=1S/C19H25ClN2O3S/c1-12(2)10-24-15-7-6-14(20)8-13(15)9-17-21-16(11-26-17)22-18(23)25-19(3,4)5/h6-8,11-12H,9-10H2,1-5H3,(H,22,23). The van der Waals surface area contributed by atoms with E-state index in [-0.39, 0.29) is 0 Å². The van der Waals surface area contributed by atoms with Gasteiger partial charge in [-0.05, 0) is 44.9 Å². The van der Waals surface area contributed by atoms with Crippen molar-refractivity contribution in [1.82, 2.24) is 4.98 Å². The van der Waals surface area contributed by atoms with Crippen LogP contribution in [0.25, 0.3) is 0 Å². The third-order valence-electron chi connectivity index (χ3n) is 3.12. The summed E-state index contributed by atoms with van der Waals surface area (Å²) in [6.45, 7) is 10.3. The molecule has 0 aliphatic carbocycles. The zero-order valence-electron chi connectivity index (χ0n) is 15.8. The predicted molar refractivity (Wildman–Crippen MR) is 107 cm³/mol. The molecule has 26 heavy (non-hydrogen) atoms. The molecular weight excluding hydrogens is 372 g/mol. The first-order valence-corrected chi connectivity index (χ1v) is 9.74. The van der Waals surface area contributed by atoms with E-state index < -0.39 is 11.7 Å². The number of thiazole rings is 1. The lowest BCUT2D eigenvalue weighted by Gasteiger charge is -2.19. The Hall–Kier alpha value is -1.79. The fraction of sp³-hybridized carbons (Fsp3) is 0.474. The van der Waals surface area contributed by atoms with Crippen molar-refractivity contribution in [2.24, 2.45) is 5.92 Å². The number of ether oxygens (including phenoxy) is 2. The molecule has 7 heteroatoms. The highest BCUT2D eigenvalue weighted by molar-refractivity contribution is 7.10. The molecule has 2 rings (SSSR count). The second-order valence-electron chi connectivity index (χ2n) is 7.39. The van der Waals surface area contributed by atoms with Gasteiger partial charge in [-0.25, -0.2) is 9.78 Å². The molecule has 0 radical (unpaired) electrons. The Kier molecular flexibility index (Phi) is 6.89. The average Bonchev–Trinajstić information content (AvgIpc) is 2.91. The van der Waals surface area contributed by atoms with Crippen LogP contribution < -0.4 is 10.1 Å². The van der Waals surface area contributed by atoms with E-state index in [1.807, 2.05) is 39.0 Å². The number of hydrogen-bond acceptors (Lipinski definition) is 5.